The maximum Gasteiger partial charge on any atom is 0.262 e. The van der Waals surface area contributed by atoms with Crippen molar-refractivity contribution in [1.82, 2.24) is 0 Å². The molecule has 0 aliphatic carbocycles. The van der Waals surface area contributed by atoms with E-state index in [2.05, 4.69) is 11.4 Å². The first-order chi connectivity index (χ1) is 11.2. The first-order valence-corrected chi connectivity index (χ1v) is 7.64. The van der Waals surface area contributed by atoms with Gasteiger partial charge in [-0.2, -0.15) is 0 Å². The van der Waals surface area contributed by atoms with E-state index in [9.17, 15) is 9.59 Å². The van der Waals surface area contributed by atoms with Gasteiger partial charge in [-0.3, -0.25) is 9.59 Å². The normalized spacial score (nSPS) is 15.5. The van der Waals surface area contributed by atoms with Gasteiger partial charge in [-0.25, -0.2) is 0 Å². The van der Waals surface area contributed by atoms with Crippen LogP contribution in [0.2, 0.25) is 0 Å². The Balaban J connectivity index is 1.54. The van der Waals surface area contributed by atoms with Crippen LogP contribution in [-0.4, -0.2) is 25.0 Å². The van der Waals surface area contributed by atoms with E-state index in [1.54, 1.807) is 6.07 Å². The molecule has 4 rings (SSSR count). The fourth-order valence-electron chi connectivity index (χ4n) is 3.11. The number of hydrogen-bond acceptors (Lipinski definition) is 3. The van der Waals surface area contributed by atoms with Crippen molar-refractivity contribution in [3.63, 3.8) is 0 Å². The van der Waals surface area contributed by atoms with E-state index < -0.39 is 0 Å². The molecule has 2 aromatic carbocycles. The molecule has 0 unspecified atom stereocenters. The van der Waals surface area contributed by atoms with Crippen LogP contribution in [0.25, 0.3) is 0 Å². The fourth-order valence-corrected chi connectivity index (χ4v) is 3.11. The molecular formula is C18H16N2O3. The monoisotopic (exact) mass is 308 g/mol. The second kappa shape index (κ2) is 5.43. The summed E-state index contributed by atoms with van der Waals surface area (Å²) >= 11 is 0. The van der Waals surface area contributed by atoms with Crippen LogP contribution in [-0.2, 0) is 22.4 Å². The highest BCUT2D eigenvalue weighted by Gasteiger charge is 2.24. The van der Waals surface area contributed by atoms with Gasteiger partial charge in [-0.1, -0.05) is 24.3 Å². The largest absolute Gasteiger partial charge is 0.482 e. The lowest BCUT2D eigenvalue weighted by Crippen LogP contribution is -2.30. The van der Waals surface area contributed by atoms with Gasteiger partial charge in [0.25, 0.3) is 5.91 Å². The summed E-state index contributed by atoms with van der Waals surface area (Å²) in [5.74, 6) is 0.541. The van der Waals surface area contributed by atoms with Crippen LogP contribution in [0.1, 0.15) is 11.1 Å². The number of hydrogen-bond donors (Lipinski definition) is 1. The Kier molecular flexibility index (Phi) is 3.26. The number of ether oxygens (including phenoxy) is 1. The van der Waals surface area contributed by atoms with Crippen LogP contribution in [0.5, 0.6) is 5.75 Å². The molecule has 0 saturated carbocycles. The molecule has 2 aliphatic rings. The van der Waals surface area contributed by atoms with Crippen LogP contribution in [0.15, 0.2) is 42.5 Å². The van der Waals surface area contributed by atoms with E-state index in [4.69, 9.17) is 4.74 Å². The van der Waals surface area contributed by atoms with Crippen molar-refractivity contribution >= 4 is 23.2 Å². The van der Waals surface area contributed by atoms with E-state index in [-0.39, 0.29) is 18.4 Å². The number of carbonyl (C=O) groups excluding carboxylic acids is 2. The Bertz CT molecular complexity index is 801. The summed E-state index contributed by atoms with van der Waals surface area (Å²) in [6, 6.07) is 13.5. The smallest absolute Gasteiger partial charge is 0.262 e. The van der Waals surface area contributed by atoms with Crippen LogP contribution < -0.4 is 15.0 Å². The summed E-state index contributed by atoms with van der Waals surface area (Å²) in [4.78, 5) is 25.8. The number of fused-ring (bicyclic) bond motifs is 2. The molecule has 0 spiro atoms. The lowest BCUT2D eigenvalue weighted by molar-refractivity contribution is -0.119. The maximum atomic E-state index is 12.6. The number of nitrogens with one attached hydrogen (secondary N) is 1. The van der Waals surface area contributed by atoms with Gasteiger partial charge in [0, 0.05) is 12.2 Å². The third-order valence-electron chi connectivity index (χ3n) is 4.22. The van der Waals surface area contributed by atoms with Crippen LogP contribution in [0.3, 0.4) is 0 Å². The number of carbonyl (C=O) groups is 2. The van der Waals surface area contributed by atoms with Crippen molar-refractivity contribution in [2.45, 2.75) is 12.8 Å². The number of nitrogens with zero attached hydrogens (tertiary/aromatic N) is 1. The number of anilines is 2. The molecule has 0 atom stereocenters. The van der Waals surface area contributed by atoms with E-state index in [0.29, 0.717) is 17.9 Å². The zero-order valence-electron chi connectivity index (χ0n) is 12.5. The van der Waals surface area contributed by atoms with Crippen molar-refractivity contribution in [3.05, 3.63) is 53.6 Å². The zero-order valence-corrected chi connectivity index (χ0v) is 12.5. The lowest BCUT2D eigenvalue weighted by Gasteiger charge is -2.20. The lowest BCUT2D eigenvalue weighted by atomic mass is 10.1. The average molecular weight is 308 g/mol. The molecule has 2 heterocycles. The molecule has 2 aromatic rings. The number of rotatable bonds is 2. The van der Waals surface area contributed by atoms with Gasteiger partial charge in [0.2, 0.25) is 5.91 Å². The standard InChI is InChI=1S/C18H16N2O3/c21-17-11-23-16-6-5-12(9-14(16)19-17)10-18(22)20-8-7-13-3-1-2-4-15(13)20/h1-6,9H,7-8,10-11H2,(H,19,21). The fraction of sp³-hybridized carbons (Fsp3) is 0.222. The van der Waals surface area contributed by atoms with Gasteiger partial charge in [-0.15, -0.1) is 0 Å². The van der Waals surface area contributed by atoms with Crippen molar-refractivity contribution in [1.29, 1.82) is 0 Å². The third-order valence-corrected chi connectivity index (χ3v) is 4.22. The highest BCUT2D eigenvalue weighted by Crippen LogP contribution is 2.30. The number of amides is 2. The molecule has 5 nitrogen and oxygen atoms in total. The Labute approximate surface area is 133 Å². The molecule has 23 heavy (non-hydrogen) atoms. The van der Waals surface area contributed by atoms with Gasteiger partial charge in [-0.05, 0) is 35.7 Å². The zero-order chi connectivity index (χ0) is 15.8. The molecule has 0 saturated heterocycles. The highest BCUT2D eigenvalue weighted by molar-refractivity contribution is 5.98. The van der Waals surface area contributed by atoms with E-state index in [0.717, 1.165) is 24.2 Å². The molecular weight excluding hydrogens is 292 g/mol. The minimum Gasteiger partial charge on any atom is -0.482 e. The summed E-state index contributed by atoms with van der Waals surface area (Å²) in [5.41, 5.74) is 3.72. The summed E-state index contributed by atoms with van der Waals surface area (Å²) in [7, 11) is 0. The SMILES string of the molecule is O=C1COc2ccc(CC(=O)N3CCc4ccccc43)cc2N1. The summed E-state index contributed by atoms with van der Waals surface area (Å²) in [6.45, 7) is 0.763. The third kappa shape index (κ3) is 2.54. The molecule has 0 bridgehead atoms. The topological polar surface area (TPSA) is 58.6 Å². The molecule has 2 aliphatic heterocycles. The average Bonchev–Trinajstić information content (AvgIpc) is 2.98. The summed E-state index contributed by atoms with van der Waals surface area (Å²) < 4.78 is 5.33. The van der Waals surface area contributed by atoms with E-state index >= 15 is 0 Å². The van der Waals surface area contributed by atoms with E-state index in [1.807, 2.05) is 35.2 Å². The predicted octanol–water partition coefficient (Wildman–Crippen LogP) is 2.15. The Morgan fingerprint density at radius 1 is 1.22 bits per heavy atom. The Morgan fingerprint density at radius 3 is 3.00 bits per heavy atom. The second-order valence-corrected chi connectivity index (χ2v) is 5.77. The molecule has 116 valence electrons. The van der Waals surface area contributed by atoms with Gasteiger partial charge in [0.15, 0.2) is 6.61 Å². The first-order valence-electron chi connectivity index (χ1n) is 7.64. The second-order valence-electron chi connectivity index (χ2n) is 5.77. The molecule has 0 fully saturated rings. The van der Waals surface area contributed by atoms with Crippen molar-refractivity contribution in [3.8, 4) is 5.75 Å². The van der Waals surface area contributed by atoms with Gasteiger partial charge in [0.1, 0.15) is 5.75 Å². The van der Waals surface area contributed by atoms with Gasteiger partial charge < -0.3 is 15.0 Å². The molecule has 0 radical (unpaired) electrons. The van der Waals surface area contributed by atoms with Crippen molar-refractivity contribution in [2.24, 2.45) is 0 Å². The van der Waals surface area contributed by atoms with Crippen molar-refractivity contribution in [2.75, 3.05) is 23.4 Å². The van der Waals surface area contributed by atoms with Crippen LogP contribution in [0.4, 0.5) is 11.4 Å². The molecule has 2 amide bonds. The Hall–Kier alpha value is -2.82. The molecule has 0 aromatic heterocycles. The minimum absolute atomic E-state index is 0.0375. The maximum absolute atomic E-state index is 12.6. The Morgan fingerprint density at radius 2 is 2.09 bits per heavy atom. The van der Waals surface area contributed by atoms with Crippen LogP contribution >= 0.6 is 0 Å². The van der Waals surface area contributed by atoms with E-state index in [1.165, 1.54) is 5.56 Å². The number of para-hydroxylation sites is 1. The van der Waals surface area contributed by atoms with Crippen LogP contribution in [0, 0.1) is 0 Å². The summed E-state index contributed by atoms with van der Waals surface area (Å²) in [6.07, 6.45) is 1.20. The highest BCUT2D eigenvalue weighted by atomic mass is 16.5. The van der Waals surface area contributed by atoms with Crippen molar-refractivity contribution < 1.29 is 14.3 Å². The first kappa shape index (κ1) is 13.8. The van der Waals surface area contributed by atoms with Gasteiger partial charge in [0.05, 0.1) is 12.1 Å². The quantitative estimate of drug-likeness (QED) is 0.925. The minimum atomic E-state index is -0.172. The number of benzene rings is 2. The summed E-state index contributed by atoms with van der Waals surface area (Å²) in [5, 5.41) is 2.77. The molecule has 1 N–H and O–H groups in total. The predicted molar refractivity (Wildman–Crippen MR) is 86.8 cm³/mol. The molecule has 5 heteroatoms. The van der Waals surface area contributed by atoms with Gasteiger partial charge >= 0.3 is 0 Å².